The summed E-state index contributed by atoms with van der Waals surface area (Å²) < 4.78 is 38.7. The molecule has 0 aliphatic heterocycles. The highest BCUT2D eigenvalue weighted by atomic mass is 79.9. The van der Waals surface area contributed by atoms with Gasteiger partial charge in [0.1, 0.15) is 11.5 Å². The number of carbonyl (C=O) groups excluding carboxylic acids is 1. The van der Waals surface area contributed by atoms with Crippen molar-refractivity contribution in [1.82, 2.24) is 4.31 Å². The van der Waals surface area contributed by atoms with Crippen LogP contribution < -0.4 is 14.8 Å². The molecule has 0 radical (unpaired) electrons. The standard InChI is InChI=1S/C22H27BrN2O5S/c1-5-25(6-2)31(27,28)18-10-12-21(29-4)19(15-18)24-22(26)13-8-16-14-17(23)9-11-20(16)30-7-3/h8-15H,5-7H2,1-4H3,(H,24,26)/b13-8+. The minimum absolute atomic E-state index is 0.0851. The van der Waals surface area contributed by atoms with Gasteiger partial charge in [-0.1, -0.05) is 29.8 Å². The number of hydrogen-bond donors (Lipinski definition) is 1. The Balaban J connectivity index is 2.31. The summed E-state index contributed by atoms with van der Waals surface area (Å²) in [6.45, 7) is 6.63. The number of anilines is 1. The van der Waals surface area contributed by atoms with E-state index in [-0.39, 0.29) is 10.6 Å². The molecule has 0 unspecified atom stereocenters. The maximum Gasteiger partial charge on any atom is 0.248 e. The summed E-state index contributed by atoms with van der Waals surface area (Å²) in [6, 6.07) is 9.91. The minimum atomic E-state index is -3.67. The lowest BCUT2D eigenvalue weighted by atomic mass is 10.2. The molecular formula is C22H27BrN2O5S. The molecule has 0 saturated heterocycles. The van der Waals surface area contributed by atoms with Gasteiger partial charge in [-0.3, -0.25) is 4.79 Å². The first-order valence-corrected chi connectivity index (χ1v) is 12.1. The highest BCUT2D eigenvalue weighted by Gasteiger charge is 2.23. The molecule has 1 N–H and O–H groups in total. The number of nitrogens with zero attached hydrogens (tertiary/aromatic N) is 1. The number of rotatable bonds is 10. The van der Waals surface area contributed by atoms with Gasteiger partial charge in [0.25, 0.3) is 0 Å². The fraction of sp³-hybridized carbons (Fsp3) is 0.318. The lowest BCUT2D eigenvalue weighted by molar-refractivity contribution is -0.111. The van der Waals surface area contributed by atoms with Crippen molar-refractivity contribution in [1.29, 1.82) is 0 Å². The summed E-state index contributed by atoms with van der Waals surface area (Å²) in [6.07, 6.45) is 2.99. The normalized spacial score (nSPS) is 11.7. The van der Waals surface area contributed by atoms with Gasteiger partial charge < -0.3 is 14.8 Å². The molecule has 0 heterocycles. The predicted molar refractivity (Wildman–Crippen MR) is 126 cm³/mol. The molecule has 7 nitrogen and oxygen atoms in total. The van der Waals surface area contributed by atoms with E-state index >= 15 is 0 Å². The van der Waals surface area contributed by atoms with Crippen LogP contribution in [0.15, 0.2) is 51.8 Å². The second-order valence-electron chi connectivity index (χ2n) is 6.39. The fourth-order valence-electron chi connectivity index (χ4n) is 2.93. The third-order valence-corrected chi connectivity index (χ3v) is 7.00. The van der Waals surface area contributed by atoms with Crippen LogP contribution in [0.2, 0.25) is 0 Å². The lowest BCUT2D eigenvalue weighted by Gasteiger charge is -2.19. The van der Waals surface area contributed by atoms with Gasteiger partial charge in [0.15, 0.2) is 0 Å². The molecule has 168 valence electrons. The monoisotopic (exact) mass is 510 g/mol. The summed E-state index contributed by atoms with van der Waals surface area (Å²) in [4.78, 5) is 12.6. The molecule has 0 fully saturated rings. The second-order valence-corrected chi connectivity index (χ2v) is 9.24. The Hall–Kier alpha value is -2.36. The van der Waals surface area contributed by atoms with Crippen molar-refractivity contribution < 1.29 is 22.7 Å². The van der Waals surface area contributed by atoms with Crippen LogP contribution in [0.5, 0.6) is 11.5 Å². The smallest absolute Gasteiger partial charge is 0.248 e. The first kappa shape index (κ1) is 24.9. The molecule has 0 saturated carbocycles. The first-order chi connectivity index (χ1) is 14.8. The Morgan fingerprint density at radius 2 is 1.77 bits per heavy atom. The molecule has 0 bridgehead atoms. The second kappa shape index (κ2) is 11.3. The third-order valence-electron chi connectivity index (χ3n) is 4.46. The van der Waals surface area contributed by atoms with Gasteiger partial charge in [-0.2, -0.15) is 4.31 Å². The molecular weight excluding hydrogens is 484 g/mol. The Kier molecular flexibility index (Phi) is 9.09. The third kappa shape index (κ3) is 6.32. The average Bonchev–Trinajstić information content (AvgIpc) is 2.74. The quantitative estimate of drug-likeness (QED) is 0.474. The molecule has 31 heavy (non-hydrogen) atoms. The van der Waals surface area contributed by atoms with Crippen molar-refractivity contribution >= 4 is 43.6 Å². The van der Waals surface area contributed by atoms with E-state index in [1.807, 2.05) is 25.1 Å². The van der Waals surface area contributed by atoms with Crippen LogP contribution in [0.3, 0.4) is 0 Å². The van der Waals surface area contributed by atoms with Crippen molar-refractivity contribution in [3.05, 3.63) is 52.5 Å². The molecule has 2 rings (SSSR count). The molecule has 2 aromatic rings. The van der Waals surface area contributed by atoms with E-state index in [0.29, 0.717) is 31.2 Å². The zero-order valence-electron chi connectivity index (χ0n) is 18.0. The van der Waals surface area contributed by atoms with Crippen molar-refractivity contribution in [3.8, 4) is 11.5 Å². The number of nitrogens with one attached hydrogen (secondary N) is 1. The van der Waals surface area contributed by atoms with E-state index in [9.17, 15) is 13.2 Å². The molecule has 0 aliphatic carbocycles. The number of benzene rings is 2. The summed E-state index contributed by atoms with van der Waals surface area (Å²) >= 11 is 3.41. The Labute approximate surface area is 192 Å². The number of ether oxygens (including phenoxy) is 2. The van der Waals surface area contributed by atoms with E-state index in [1.54, 1.807) is 19.9 Å². The Morgan fingerprint density at radius 1 is 1.10 bits per heavy atom. The van der Waals surface area contributed by atoms with Crippen LogP contribution in [0, 0.1) is 0 Å². The van der Waals surface area contributed by atoms with Gasteiger partial charge in [0.2, 0.25) is 15.9 Å². The first-order valence-electron chi connectivity index (χ1n) is 9.86. The number of halogens is 1. The van der Waals surface area contributed by atoms with Gasteiger partial charge in [0, 0.05) is 29.2 Å². The van der Waals surface area contributed by atoms with Crippen LogP contribution >= 0.6 is 15.9 Å². The lowest BCUT2D eigenvalue weighted by Crippen LogP contribution is -2.30. The zero-order chi connectivity index (χ0) is 23.0. The van der Waals surface area contributed by atoms with Gasteiger partial charge in [0.05, 0.1) is 24.3 Å². The predicted octanol–water partition coefficient (Wildman–Crippen LogP) is 4.54. The molecule has 0 aliphatic rings. The summed E-state index contributed by atoms with van der Waals surface area (Å²) in [5.74, 6) is 0.579. The minimum Gasteiger partial charge on any atom is -0.495 e. The Bertz CT molecular complexity index is 1050. The highest BCUT2D eigenvalue weighted by molar-refractivity contribution is 9.10. The average molecular weight is 511 g/mol. The SMILES string of the molecule is CCOc1ccc(Br)cc1/C=C/C(=O)Nc1cc(S(=O)(=O)N(CC)CC)ccc1OC. The molecule has 9 heteroatoms. The topological polar surface area (TPSA) is 84.9 Å². The summed E-state index contributed by atoms with van der Waals surface area (Å²) in [5.41, 5.74) is 1.00. The van der Waals surface area contributed by atoms with E-state index in [2.05, 4.69) is 21.2 Å². The highest BCUT2D eigenvalue weighted by Crippen LogP contribution is 2.29. The van der Waals surface area contributed by atoms with Gasteiger partial charge in [-0.15, -0.1) is 0 Å². The number of methoxy groups -OCH3 is 1. The van der Waals surface area contributed by atoms with Gasteiger partial charge >= 0.3 is 0 Å². The summed E-state index contributed by atoms with van der Waals surface area (Å²) in [5, 5.41) is 2.70. The van der Waals surface area contributed by atoms with E-state index in [1.165, 1.54) is 35.7 Å². The van der Waals surface area contributed by atoms with Crippen molar-refractivity contribution in [2.24, 2.45) is 0 Å². The molecule has 0 aromatic heterocycles. The largest absolute Gasteiger partial charge is 0.495 e. The molecule has 0 atom stereocenters. The fourth-order valence-corrected chi connectivity index (χ4v) is 4.80. The number of amides is 1. The van der Waals surface area contributed by atoms with Crippen molar-refractivity contribution in [2.45, 2.75) is 25.7 Å². The number of hydrogen-bond acceptors (Lipinski definition) is 5. The maximum absolute atomic E-state index is 12.8. The number of sulfonamides is 1. The zero-order valence-corrected chi connectivity index (χ0v) is 20.4. The molecule has 1 amide bonds. The van der Waals surface area contributed by atoms with Crippen LogP contribution in [0.4, 0.5) is 5.69 Å². The van der Waals surface area contributed by atoms with Gasteiger partial charge in [-0.25, -0.2) is 8.42 Å². The summed E-state index contributed by atoms with van der Waals surface area (Å²) in [7, 11) is -2.22. The molecule has 2 aromatic carbocycles. The van der Waals surface area contributed by atoms with Crippen LogP contribution in [0.25, 0.3) is 6.08 Å². The van der Waals surface area contributed by atoms with Crippen LogP contribution in [0.1, 0.15) is 26.3 Å². The van der Waals surface area contributed by atoms with Crippen molar-refractivity contribution in [2.75, 3.05) is 32.1 Å². The van der Waals surface area contributed by atoms with Gasteiger partial charge in [-0.05, 0) is 49.4 Å². The van der Waals surface area contributed by atoms with E-state index < -0.39 is 15.9 Å². The van der Waals surface area contributed by atoms with Crippen LogP contribution in [-0.2, 0) is 14.8 Å². The van der Waals surface area contributed by atoms with Crippen LogP contribution in [-0.4, -0.2) is 45.4 Å². The maximum atomic E-state index is 12.8. The number of carbonyl (C=O) groups is 1. The molecule has 0 spiro atoms. The Morgan fingerprint density at radius 3 is 2.39 bits per heavy atom. The van der Waals surface area contributed by atoms with Crippen molar-refractivity contribution in [3.63, 3.8) is 0 Å². The van der Waals surface area contributed by atoms with E-state index in [0.717, 1.165) is 10.0 Å². The van der Waals surface area contributed by atoms with E-state index in [4.69, 9.17) is 9.47 Å².